The number of hydrogen-bond donors (Lipinski definition) is 1. The lowest BCUT2D eigenvalue weighted by molar-refractivity contribution is -0.173. The van der Waals surface area contributed by atoms with Gasteiger partial charge in [0.1, 0.15) is 5.82 Å². The van der Waals surface area contributed by atoms with Crippen molar-refractivity contribution in [1.82, 2.24) is 24.5 Å². The third-order valence-electron chi connectivity index (χ3n) is 6.36. The molecule has 2 atom stereocenters. The first-order valence-electron chi connectivity index (χ1n) is 11.5. The highest BCUT2D eigenvalue weighted by molar-refractivity contribution is 5.93. The average Bonchev–Trinajstić information content (AvgIpc) is 3.53. The van der Waals surface area contributed by atoms with Crippen LogP contribution >= 0.6 is 0 Å². The summed E-state index contributed by atoms with van der Waals surface area (Å²) in [5, 5.41) is 11.4. The highest BCUT2D eigenvalue weighted by Gasteiger charge is 2.46. The van der Waals surface area contributed by atoms with Gasteiger partial charge < -0.3 is 10.2 Å². The van der Waals surface area contributed by atoms with Crippen LogP contribution in [-0.4, -0.2) is 43.6 Å². The smallest absolute Gasteiger partial charge is 0.363 e. The lowest BCUT2D eigenvalue weighted by Gasteiger charge is -2.33. The van der Waals surface area contributed by atoms with Crippen molar-refractivity contribution in [3.05, 3.63) is 95.4 Å². The number of aryl methyl sites for hydroxylation is 1. The molecule has 186 valence electrons. The third-order valence-corrected chi connectivity index (χ3v) is 6.36. The Morgan fingerprint density at radius 1 is 1.14 bits per heavy atom. The van der Waals surface area contributed by atoms with Crippen molar-refractivity contribution in [2.24, 2.45) is 0 Å². The second kappa shape index (κ2) is 9.18. The summed E-state index contributed by atoms with van der Waals surface area (Å²) in [7, 11) is 1.60. The van der Waals surface area contributed by atoms with Gasteiger partial charge in [-0.15, -0.1) is 0 Å². The molecule has 0 spiro atoms. The molecule has 0 radical (unpaired) electrons. The standard InChI is InChI=1S/C26H25F3N6O/c1-17-4-8-19(9-5-17)21-14-23(26(27,28)29)35-24(31-21)15-22(32-35)25(36)33(2)16-18-6-10-20(11-7-18)34-13-3-12-30-34/h3-13,15,21,23,31H,14,16H2,1-2H3/t21-,23+/m1/s1. The van der Waals surface area contributed by atoms with Crippen LogP contribution in [0.1, 0.15) is 45.7 Å². The summed E-state index contributed by atoms with van der Waals surface area (Å²) in [4.78, 5) is 14.5. The number of alkyl halides is 3. The Kier molecular flexibility index (Phi) is 6.03. The van der Waals surface area contributed by atoms with Gasteiger partial charge in [0, 0.05) is 38.5 Å². The summed E-state index contributed by atoms with van der Waals surface area (Å²) < 4.78 is 44.5. The minimum absolute atomic E-state index is 0.0352. The number of rotatable bonds is 5. The molecular formula is C26H25F3N6O. The molecule has 10 heteroatoms. The van der Waals surface area contributed by atoms with E-state index in [0.717, 1.165) is 27.1 Å². The topological polar surface area (TPSA) is 68.0 Å². The Bertz CT molecular complexity index is 1340. The van der Waals surface area contributed by atoms with E-state index in [1.165, 1.54) is 11.0 Å². The first-order valence-corrected chi connectivity index (χ1v) is 11.5. The first-order chi connectivity index (χ1) is 17.2. The van der Waals surface area contributed by atoms with Gasteiger partial charge in [0.25, 0.3) is 5.91 Å². The number of benzene rings is 2. The van der Waals surface area contributed by atoms with Crippen LogP contribution in [0.3, 0.4) is 0 Å². The zero-order valence-electron chi connectivity index (χ0n) is 19.8. The van der Waals surface area contributed by atoms with Crippen molar-refractivity contribution in [2.45, 2.75) is 38.1 Å². The number of anilines is 1. The SMILES string of the molecule is Cc1ccc([C@H]2C[C@@H](C(F)(F)F)n3nc(C(=O)N(C)Cc4ccc(-n5cccn5)cc4)cc3N2)cc1. The van der Waals surface area contributed by atoms with Crippen LogP contribution in [0.15, 0.2) is 73.1 Å². The first kappa shape index (κ1) is 23.7. The molecule has 1 N–H and O–H groups in total. The minimum atomic E-state index is -4.51. The average molecular weight is 495 g/mol. The number of aromatic nitrogens is 4. The van der Waals surface area contributed by atoms with Gasteiger partial charge in [-0.1, -0.05) is 42.0 Å². The lowest BCUT2D eigenvalue weighted by Crippen LogP contribution is -2.35. The number of hydrogen-bond acceptors (Lipinski definition) is 4. The molecule has 5 rings (SSSR count). The summed E-state index contributed by atoms with van der Waals surface area (Å²) in [5.74, 6) is -0.280. The zero-order chi connectivity index (χ0) is 25.4. The van der Waals surface area contributed by atoms with E-state index in [1.54, 1.807) is 17.9 Å². The largest absolute Gasteiger partial charge is 0.410 e. The molecule has 1 amide bonds. The Balaban J connectivity index is 1.35. The van der Waals surface area contributed by atoms with Gasteiger partial charge in [-0.2, -0.15) is 23.4 Å². The molecule has 7 nitrogen and oxygen atoms in total. The molecule has 1 aliphatic heterocycles. The second-order valence-electron chi connectivity index (χ2n) is 9.04. The molecule has 3 heterocycles. The molecule has 2 aromatic carbocycles. The molecule has 0 unspecified atom stereocenters. The molecule has 1 aliphatic rings. The predicted octanol–water partition coefficient (Wildman–Crippen LogP) is 5.31. The van der Waals surface area contributed by atoms with Gasteiger partial charge in [-0.25, -0.2) is 9.36 Å². The fraction of sp³-hybridized carbons (Fsp3) is 0.269. The molecule has 0 saturated carbocycles. The van der Waals surface area contributed by atoms with Crippen LogP contribution in [0.4, 0.5) is 19.0 Å². The van der Waals surface area contributed by atoms with Crippen LogP contribution in [-0.2, 0) is 6.54 Å². The Labute approximate surface area is 206 Å². The molecular weight excluding hydrogens is 469 g/mol. The van der Waals surface area contributed by atoms with E-state index in [4.69, 9.17) is 0 Å². The van der Waals surface area contributed by atoms with Gasteiger partial charge in [0.05, 0.1) is 11.7 Å². The van der Waals surface area contributed by atoms with Gasteiger partial charge in [-0.3, -0.25) is 4.79 Å². The molecule has 0 bridgehead atoms. The maximum absolute atomic E-state index is 14.0. The van der Waals surface area contributed by atoms with Crippen LogP contribution in [0.5, 0.6) is 0 Å². The summed E-state index contributed by atoms with van der Waals surface area (Å²) in [6.07, 6.45) is -1.20. The van der Waals surface area contributed by atoms with E-state index in [2.05, 4.69) is 15.5 Å². The number of nitrogens with one attached hydrogen (secondary N) is 1. The molecule has 0 aliphatic carbocycles. The van der Waals surface area contributed by atoms with Crippen LogP contribution in [0, 0.1) is 6.92 Å². The summed E-state index contributed by atoms with van der Waals surface area (Å²) >= 11 is 0. The van der Waals surface area contributed by atoms with E-state index in [1.807, 2.05) is 67.7 Å². The minimum Gasteiger partial charge on any atom is -0.363 e. The number of carbonyl (C=O) groups excluding carboxylic acids is 1. The van der Waals surface area contributed by atoms with Gasteiger partial charge in [0.2, 0.25) is 0 Å². The summed E-state index contributed by atoms with van der Waals surface area (Å²) in [6, 6.07) is 15.8. The normalized spacial score (nSPS) is 17.4. The molecule has 0 fully saturated rings. The van der Waals surface area contributed by atoms with E-state index in [9.17, 15) is 18.0 Å². The quantitative estimate of drug-likeness (QED) is 0.408. The van der Waals surface area contributed by atoms with Gasteiger partial charge >= 0.3 is 6.18 Å². The van der Waals surface area contributed by atoms with Crippen molar-refractivity contribution in [3.63, 3.8) is 0 Å². The van der Waals surface area contributed by atoms with E-state index in [0.29, 0.717) is 0 Å². The Morgan fingerprint density at radius 3 is 2.50 bits per heavy atom. The molecule has 2 aromatic heterocycles. The van der Waals surface area contributed by atoms with Crippen LogP contribution < -0.4 is 5.32 Å². The molecule has 4 aromatic rings. The zero-order valence-corrected chi connectivity index (χ0v) is 19.8. The highest BCUT2D eigenvalue weighted by atomic mass is 19.4. The fourth-order valence-corrected chi connectivity index (χ4v) is 4.41. The van der Waals surface area contributed by atoms with Crippen LogP contribution in [0.2, 0.25) is 0 Å². The van der Waals surface area contributed by atoms with Crippen molar-refractivity contribution in [3.8, 4) is 5.69 Å². The fourth-order valence-electron chi connectivity index (χ4n) is 4.41. The van der Waals surface area contributed by atoms with Crippen molar-refractivity contribution in [2.75, 3.05) is 12.4 Å². The summed E-state index contributed by atoms with van der Waals surface area (Å²) in [5.41, 5.74) is 3.50. The molecule has 36 heavy (non-hydrogen) atoms. The number of amides is 1. The number of nitrogens with zero attached hydrogens (tertiary/aromatic N) is 5. The monoisotopic (exact) mass is 494 g/mol. The van der Waals surface area contributed by atoms with E-state index < -0.39 is 24.2 Å². The Hall–Kier alpha value is -4.08. The lowest BCUT2D eigenvalue weighted by atomic mass is 9.96. The maximum Gasteiger partial charge on any atom is 0.410 e. The predicted molar refractivity (Wildman–Crippen MR) is 129 cm³/mol. The van der Waals surface area contributed by atoms with Gasteiger partial charge in [0.15, 0.2) is 11.7 Å². The van der Waals surface area contributed by atoms with Gasteiger partial charge in [-0.05, 0) is 36.2 Å². The number of halogens is 3. The van der Waals surface area contributed by atoms with Crippen LogP contribution in [0.25, 0.3) is 5.69 Å². The third kappa shape index (κ3) is 4.71. The Morgan fingerprint density at radius 2 is 1.86 bits per heavy atom. The maximum atomic E-state index is 14.0. The van der Waals surface area contributed by atoms with E-state index >= 15 is 0 Å². The second-order valence-corrected chi connectivity index (χ2v) is 9.04. The van der Waals surface area contributed by atoms with Crippen molar-refractivity contribution < 1.29 is 18.0 Å². The van der Waals surface area contributed by atoms with Crippen molar-refractivity contribution in [1.29, 1.82) is 0 Å². The summed E-state index contributed by atoms with van der Waals surface area (Å²) in [6.45, 7) is 2.20. The molecule has 0 saturated heterocycles. The van der Waals surface area contributed by atoms with Crippen molar-refractivity contribution >= 4 is 11.7 Å². The highest BCUT2D eigenvalue weighted by Crippen LogP contribution is 2.43. The van der Waals surface area contributed by atoms with E-state index in [-0.39, 0.29) is 24.5 Å². The number of fused-ring (bicyclic) bond motifs is 1. The number of carbonyl (C=O) groups is 1.